The number of amides is 1. The molecular formula is C27H29NO5S. The molecule has 3 aromatic rings. The van der Waals surface area contributed by atoms with Crippen LogP contribution in [-0.4, -0.2) is 31.1 Å². The first-order valence-electron chi connectivity index (χ1n) is 11.0. The summed E-state index contributed by atoms with van der Waals surface area (Å²) in [5.74, 6) is -1.65. The molecule has 0 bridgehead atoms. The molecule has 1 aromatic heterocycles. The lowest BCUT2D eigenvalue weighted by Gasteiger charge is -2.18. The van der Waals surface area contributed by atoms with Gasteiger partial charge >= 0.3 is 11.9 Å². The summed E-state index contributed by atoms with van der Waals surface area (Å²) in [6.07, 6.45) is 0. The van der Waals surface area contributed by atoms with Crippen molar-refractivity contribution in [1.82, 2.24) is 0 Å². The Bertz CT molecular complexity index is 1170. The van der Waals surface area contributed by atoms with Crippen molar-refractivity contribution >= 4 is 34.2 Å². The molecule has 0 fully saturated rings. The summed E-state index contributed by atoms with van der Waals surface area (Å²) in [5, 5.41) is 4.84. The third kappa shape index (κ3) is 6.11. The van der Waals surface area contributed by atoms with Crippen molar-refractivity contribution in [2.45, 2.75) is 40.0 Å². The Balaban J connectivity index is 1.71. The van der Waals surface area contributed by atoms with Crippen molar-refractivity contribution in [1.29, 1.82) is 0 Å². The van der Waals surface area contributed by atoms with Crippen molar-refractivity contribution in [2.75, 3.05) is 18.5 Å². The normalized spacial score (nSPS) is 11.1. The summed E-state index contributed by atoms with van der Waals surface area (Å²) in [6.45, 7) is 9.70. The monoisotopic (exact) mass is 479 g/mol. The molecule has 0 saturated heterocycles. The molecule has 0 aliphatic carbocycles. The second-order valence-electron chi connectivity index (χ2n) is 8.89. The highest BCUT2D eigenvalue weighted by Crippen LogP contribution is 2.36. The minimum atomic E-state index is -0.590. The maximum Gasteiger partial charge on any atom is 0.341 e. The fourth-order valence-electron chi connectivity index (χ4n) is 3.28. The van der Waals surface area contributed by atoms with Crippen LogP contribution in [0.1, 0.15) is 59.5 Å². The van der Waals surface area contributed by atoms with E-state index in [2.05, 4.69) is 26.1 Å². The van der Waals surface area contributed by atoms with Crippen molar-refractivity contribution in [3.8, 4) is 11.1 Å². The SMILES string of the molecule is CCOC(=O)c1c(-c2ccc(C)cc2)csc1NC(=O)COC(=O)c1ccc(C(C)(C)C)cc1. The number of ether oxygens (including phenoxy) is 2. The third-order valence-electron chi connectivity index (χ3n) is 5.21. The van der Waals surface area contributed by atoms with Crippen LogP contribution in [0.25, 0.3) is 11.1 Å². The first-order valence-corrected chi connectivity index (χ1v) is 11.9. The summed E-state index contributed by atoms with van der Waals surface area (Å²) in [4.78, 5) is 37.6. The Kier molecular flexibility index (Phi) is 7.89. The highest BCUT2D eigenvalue weighted by molar-refractivity contribution is 7.15. The van der Waals surface area contributed by atoms with E-state index < -0.39 is 24.5 Å². The molecule has 0 radical (unpaired) electrons. The molecule has 0 spiro atoms. The average Bonchev–Trinajstić information content (AvgIpc) is 3.21. The number of hydrogen-bond donors (Lipinski definition) is 1. The van der Waals surface area contributed by atoms with Crippen molar-refractivity contribution in [3.05, 3.63) is 76.2 Å². The number of thiophene rings is 1. The lowest BCUT2D eigenvalue weighted by molar-refractivity contribution is -0.119. The van der Waals surface area contributed by atoms with Gasteiger partial charge in [0, 0.05) is 10.9 Å². The van der Waals surface area contributed by atoms with Crippen molar-refractivity contribution in [2.24, 2.45) is 0 Å². The summed E-state index contributed by atoms with van der Waals surface area (Å²) < 4.78 is 10.4. The molecule has 178 valence electrons. The van der Waals surface area contributed by atoms with Gasteiger partial charge in [-0.1, -0.05) is 62.7 Å². The van der Waals surface area contributed by atoms with Gasteiger partial charge in [-0.15, -0.1) is 11.3 Å². The van der Waals surface area contributed by atoms with Gasteiger partial charge in [0.05, 0.1) is 12.2 Å². The van der Waals surface area contributed by atoms with Crippen LogP contribution in [0.15, 0.2) is 53.9 Å². The molecule has 0 saturated carbocycles. The van der Waals surface area contributed by atoms with Crippen LogP contribution in [0.4, 0.5) is 5.00 Å². The van der Waals surface area contributed by atoms with Gasteiger partial charge in [0.25, 0.3) is 5.91 Å². The highest BCUT2D eigenvalue weighted by atomic mass is 32.1. The smallest absolute Gasteiger partial charge is 0.341 e. The molecular weight excluding hydrogens is 450 g/mol. The molecule has 0 unspecified atom stereocenters. The van der Waals surface area contributed by atoms with Gasteiger partial charge in [-0.25, -0.2) is 9.59 Å². The van der Waals surface area contributed by atoms with E-state index in [1.807, 2.05) is 43.3 Å². The molecule has 7 heteroatoms. The van der Waals surface area contributed by atoms with E-state index in [0.717, 1.165) is 16.7 Å². The van der Waals surface area contributed by atoms with Gasteiger partial charge in [0.15, 0.2) is 6.61 Å². The van der Waals surface area contributed by atoms with E-state index in [1.165, 1.54) is 11.3 Å². The second-order valence-corrected chi connectivity index (χ2v) is 9.77. The van der Waals surface area contributed by atoms with Crippen LogP contribution in [0, 0.1) is 6.92 Å². The Labute approximate surface area is 203 Å². The van der Waals surface area contributed by atoms with E-state index in [0.29, 0.717) is 16.1 Å². The topological polar surface area (TPSA) is 81.7 Å². The van der Waals surface area contributed by atoms with Crippen LogP contribution in [0.2, 0.25) is 0 Å². The van der Waals surface area contributed by atoms with Gasteiger partial charge in [-0.05, 0) is 42.5 Å². The number of carbonyl (C=O) groups excluding carboxylic acids is 3. The minimum Gasteiger partial charge on any atom is -0.462 e. The summed E-state index contributed by atoms with van der Waals surface area (Å²) in [7, 11) is 0. The van der Waals surface area contributed by atoms with Crippen LogP contribution in [0.5, 0.6) is 0 Å². The molecule has 1 N–H and O–H groups in total. The Morgan fingerprint density at radius 1 is 0.912 bits per heavy atom. The van der Waals surface area contributed by atoms with E-state index in [4.69, 9.17) is 9.47 Å². The number of rotatable bonds is 7. The van der Waals surface area contributed by atoms with Gasteiger partial charge in [-0.2, -0.15) is 0 Å². The third-order valence-corrected chi connectivity index (χ3v) is 6.10. The van der Waals surface area contributed by atoms with Gasteiger partial charge in [0.1, 0.15) is 10.6 Å². The maximum absolute atomic E-state index is 12.7. The molecule has 2 aromatic carbocycles. The molecule has 3 rings (SSSR count). The number of anilines is 1. The van der Waals surface area contributed by atoms with Crippen LogP contribution >= 0.6 is 11.3 Å². The standard InChI is InChI=1S/C27H29NO5S/c1-6-32-26(31)23-21(18-9-7-17(2)8-10-18)16-34-24(23)28-22(29)15-33-25(30)19-11-13-20(14-12-19)27(3,4)5/h7-14,16H,6,15H2,1-5H3,(H,28,29). The Hall–Kier alpha value is -3.45. The average molecular weight is 480 g/mol. The summed E-state index contributed by atoms with van der Waals surface area (Å²) >= 11 is 1.22. The Morgan fingerprint density at radius 3 is 2.15 bits per heavy atom. The Morgan fingerprint density at radius 2 is 1.56 bits per heavy atom. The number of aryl methyl sites for hydroxylation is 1. The zero-order chi connectivity index (χ0) is 24.9. The van der Waals surface area contributed by atoms with Gasteiger partial charge in [0.2, 0.25) is 0 Å². The first kappa shape index (κ1) is 25.2. The molecule has 0 aliphatic rings. The number of hydrogen-bond acceptors (Lipinski definition) is 6. The molecule has 34 heavy (non-hydrogen) atoms. The van der Waals surface area contributed by atoms with Crippen molar-refractivity contribution in [3.63, 3.8) is 0 Å². The molecule has 0 atom stereocenters. The van der Waals surface area contributed by atoms with E-state index >= 15 is 0 Å². The second kappa shape index (κ2) is 10.7. The van der Waals surface area contributed by atoms with Crippen LogP contribution in [0.3, 0.4) is 0 Å². The van der Waals surface area contributed by atoms with E-state index in [1.54, 1.807) is 24.4 Å². The van der Waals surface area contributed by atoms with E-state index in [9.17, 15) is 14.4 Å². The summed E-state index contributed by atoms with van der Waals surface area (Å²) in [5.41, 5.74) is 4.33. The number of esters is 2. The molecule has 1 heterocycles. The fraction of sp³-hybridized carbons (Fsp3) is 0.296. The highest BCUT2D eigenvalue weighted by Gasteiger charge is 2.23. The zero-order valence-corrected chi connectivity index (χ0v) is 20.9. The van der Waals surface area contributed by atoms with Crippen LogP contribution < -0.4 is 5.32 Å². The number of carbonyl (C=O) groups is 3. The first-order chi connectivity index (χ1) is 16.1. The predicted octanol–water partition coefficient (Wildman–Crippen LogP) is 5.99. The maximum atomic E-state index is 12.7. The minimum absolute atomic E-state index is 0.0307. The lowest BCUT2D eigenvalue weighted by atomic mass is 9.87. The largest absolute Gasteiger partial charge is 0.462 e. The van der Waals surface area contributed by atoms with Crippen LogP contribution in [-0.2, 0) is 19.7 Å². The molecule has 0 aliphatic heterocycles. The summed E-state index contributed by atoms with van der Waals surface area (Å²) in [6, 6.07) is 14.9. The predicted molar refractivity (Wildman–Crippen MR) is 135 cm³/mol. The van der Waals surface area contributed by atoms with E-state index in [-0.39, 0.29) is 17.6 Å². The zero-order valence-electron chi connectivity index (χ0n) is 20.1. The molecule has 6 nitrogen and oxygen atoms in total. The van der Waals surface area contributed by atoms with Gasteiger partial charge < -0.3 is 14.8 Å². The van der Waals surface area contributed by atoms with Gasteiger partial charge in [-0.3, -0.25) is 4.79 Å². The quantitative estimate of drug-likeness (QED) is 0.421. The number of benzene rings is 2. The number of nitrogens with one attached hydrogen (secondary N) is 1. The lowest BCUT2D eigenvalue weighted by Crippen LogP contribution is -2.22. The fourth-order valence-corrected chi connectivity index (χ4v) is 4.26. The molecule has 1 amide bonds. The van der Waals surface area contributed by atoms with Crippen molar-refractivity contribution < 1.29 is 23.9 Å².